The van der Waals surface area contributed by atoms with Gasteiger partial charge in [-0.25, -0.2) is 0 Å². The lowest BCUT2D eigenvalue weighted by Crippen LogP contribution is -2.38. The molecule has 0 radical (unpaired) electrons. The fourth-order valence-corrected chi connectivity index (χ4v) is 4.30. The Morgan fingerprint density at radius 3 is 2.29 bits per heavy atom. The third kappa shape index (κ3) is 5.85. The summed E-state index contributed by atoms with van der Waals surface area (Å²) < 4.78 is 11.5. The molecule has 7 heteroatoms. The summed E-state index contributed by atoms with van der Waals surface area (Å²) in [6.45, 7) is 11.7. The zero-order valence-electron chi connectivity index (χ0n) is 21.1. The molecule has 0 aliphatic carbocycles. The number of para-hydroxylation sites is 1. The summed E-state index contributed by atoms with van der Waals surface area (Å²) in [6.07, 6.45) is 0.887. The monoisotopic (exact) mass is 480 g/mol. The molecule has 1 aliphatic rings. The van der Waals surface area contributed by atoms with Crippen molar-refractivity contribution in [2.24, 2.45) is 0 Å². The van der Waals surface area contributed by atoms with Crippen molar-refractivity contribution in [1.82, 2.24) is 9.80 Å². The summed E-state index contributed by atoms with van der Waals surface area (Å²) >= 11 is 0. The van der Waals surface area contributed by atoms with Gasteiger partial charge in [0.2, 0.25) is 0 Å². The van der Waals surface area contributed by atoms with Crippen LogP contribution in [0.25, 0.3) is 5.76 Å². The highest BCUT2D eigenvalue weighted by molar-refractivity contribution is 6.46. The van der Waals surface area contributed by atoms with E-state index in [0.717, 1.165) is 19.5 Å². The zero-order valence-corrected chi connectivity index (χ0v) is 21.1. The summed E-state index contributed by atoms with van der Waals surface area (Å²) in [4.78, 5) is 30.3. The molecule has 1 amide bonds. The first-order valence-corrected chi connectivity index (χ1v) is 12.4. The summed E-state index contributed by atoms with van der Waals surface area (Å²) in [5, 5.41) is 11.3. The van der Waals surface area contributed by atoms with Crippen LogP contribution in [-0.4, -0.2) is 66.0 Å². The fraction of sp³-hybridized carbons (Fsp3) is 0.429. The van der Waals surface area contributed by atoms with Gasteiger partial charge in [0.1, 0.15) is 17.3 Å². The third-order valence-electron chi connectivity index (χ3n) is 6.21. The summed E-state index contributed by atoms with van der Waals surface area (Å²) in [5.74, 6) is -0.236. The van der Waals surface area contributed by atoms with Gasteiger partial charge in [-0.1, -0.05) is 39.0 Å². The topological polar surface area (TPSA) is 79.3 Å². The minimum Gasteiger partial charge on any atom is -0.507 e. The Kier molecular flexibility index (Phi) is 9.32. The molecule has 0 spiro atoms. The lowest BCUT2D eigenvalue weighted by Gasteiger charge is -2.29. The van der Waals surface area contributed by atoms with Gasteiger partial charge in [0.05, 0.1) is 24.8 Å². The smallest absolute Gasteiger partial charge is 0.295 e. The quantitative estimate of drug-likeness (QED) is 0.271. The molecule has 0 aromatic heterocycles. The number of aliphatic hydroxyl groups excluding tert-OH is 1. The second-order valence-electron chi connectivity index (χ2n) is 8.36. The van der Waals surface area contributed by atoms with E-state index in [1.807, 2.05) is 38.1 Å². The van der Waals surface area contributed by atoms with Crippen molar-refractivity contribution in [3.05, 3.63) is 65.2 Å². The second kappa shape index (κ2) is 12.4. The van der Waals surface area contributed by atoms with Gasteiger partial charge in [0.25, 0.3) is 11.7 Å². The number of likely N-dealkylation sites (N-methyl/N-ethyl adjacent to an activating group) is 1. The number of nitrogens with zero attached hydrogens (tertiary/aromatic N) is 2. The van der Waals surface area contributed by atoms with E-state index in [-0.39, 0.29) is 11.3 Å². The van der Waals surface area contributed by atoms with Gasteiger partial charge < -0.3 is 24.4 Å². The van der Waals surface area contributed by atoms with E-state index in [1.165, 1.54) is 0 Å². The van der Waals surface area contributed by atoms with Crippen LogP contribution < -0.4 is 9.47 Å². The minimum absolute atomic E-state index is 0.0731. The Labute approximate surface area is 207 Å². The number of Topliss-reactive ketones (excluding diaryl/α,β-unsaturated/α-hetero) is 1. The molecule has 0 saturated carbocycles. The van der Waals surface area contributed by atoms with E-state index >= 15 is 0 Å². The molecule has 1 heterocycles. The Morgan fingerprint density at radius 1 is 0.971 bits per heavy atom. The zero-order chi connectivity index (χ0) is 25.4. The van der Waals surface area contributed by atoms with Crippen LogP contribution in [0.3, 0.4) is 0 Å². The predicted molar refractivity (Wildman–Crippen MR) is 137 cm³/mol. The number of rotatable bonds is 12. The van der Waals surface area contributed by atoms with Gasteiger partial charge in [0.15, 0.2) is 0 Å². The van der Waals surface area contributed by atoms with Crippen LogP contribution in [0.15, 0.2) is 54.1 Å². The number of aliphatic hydroxyl groups is 1. The van der Waals surface area contributed by atoms with E-state index in [0.29, 0.717) is 48.9 Å². The number of hydrogen-bond donors (Lipinski definition) is 1. The van der Waals surface area contributed by atoms with Crippen molar-refractivity contribution in [3.8, 4) is 11.5 Å². The van der Waals surface area contributed by atoms with Crippen molar-refractivity contribution in [3.63, 3.8) is 0 Å². The van der Waals surface area contributed by atoms with Crippen molar-refractivity contribution in [1.29, 1.82) is 0 Å². The lowest BCUT2D eigenvalue weighted by atomic mass is 9.94. The van der Waals surface area contributed by atoms with Crippen LogP contribution in [0.5, 0.6) is 11.5 Å². The molecule has 1 fully saturated rings. The molecule has 0 bridgehead atoms. The molecule has 7 nitrogen and oxygen atoms in total. The van der Waals surface area contributed by atoms with Crippen molar-refractivity contribution in [2.75, 3.05) is 39.4 Å². The maximum Gasteiger partial charge on any atom is 0.295 e. The molecule has 3 rings (SSSR count). The summed E-state index contributed by atoms with van der Waals surface area (Å²) in [6, 6.07) is 13.5. The van der Waals surface area contributed by atoms with Crippen LogP contribution in [0.4, 0.5) is 0 Å². The maximum absolute atomic E-state index is 13.3. The number of ketones is 1. The third-order valence-corrected chi connectivity index (χ3v) is 6.21. The largest absolute Gasteiger partial charge is 0.507 e. The van der Waals surface area contributed by atoms with Crippen LogP contribution in [-0.2, 0) is 9.59 Å². The van der Waals surface area contributed by atoms with Crippen LogP contribution in [0.1, 0.15) is 51.3 Å². The first-order chi connectivity index (χ1) is 17.0. The molecule has 35 heavy (non-hydrogen) atoms. The van der Waals surface area contributed by atoms with E-state index in [9.17, 15) is 14.7 Å². The van der Waals surface area contributed by atoms with Gasteiger partial charge in [-0.2, -0.15) is 0 Å². The van der Waals surface area contributed by atoms with E-state index in [4.69, 9.17) is 9.47 Å². The van der Waals surface area contributed by atoms with E-state index < -0.39 is 17.7 Å². The highest BCUT2D eigenvalue weighted by Crippen LogP contribution is 2.42. The number of carbonyl (C=O) groups excluding carboxylic acids is 2. The first-order valence-electron chi connectivity index (χ1n) is 12.4. The molecule has 2 aromatic carbocycles. The number of hydrogen-bond acceptors (Lipinski definition) is 6. The Balaban J connectivity index is 2.08. The maximum atomic E-state index is 13.3. The standard InChI is InChI=1S/C28H36N2O5/c1-5-19-35-21-15-13-20(14-16-21)26(31)24-25(22-11-9-10-12-23(22)34-8-4)30(28(33)27(24)32)18-17-29(6-2)7-3/h9-16,25,31H,5-8,17-19H2,1-4H3/b26-24+. The number of ether oxygens (including phenoxy) is 2. The van der Waals surface area contributed by atoms with E-state index in [1.54, 1.807) is 29.2 Å². The van der Waals surface area contributed by atoms with Gasteiger partial charge in [0, 0.05) is 24.2 Å². The minimum atomic E-state index is -0.746. The molecule has 1 unspecified atom stereocenters. The average Bonchev–Trinajstić information content (AvgIpc) is 3.13. The molecular formula is C28H36N2O5. The van der Waals surface area contributed by atoms with Crippen molar-refractivity contribution < 1.29 is 24.2 Å². The van der Waals surface area contributed by atoms with Gasteiger partial charge in [-0.15, -0.1) is 0 Å². The van der Waals surface area contributed by atoms with Gasteiger partial charge in [-0.05, 0) is 56.8 Å². The summed E-state index contributed by atoms with van der Waals surface area (Å²) in [5.41, 5.74) is 1.20. The van der Waals surface area contributed by atoms with Gasteiger partial charge >= 0.3 is 0 Å². The van der Waals surface area contributed by atoms with Crippen molar-refractivity contribution in [2.45, 2.75) is 40.2 Å². The highest BCUT2D eigenvalue weighted by Gasteiger charge is 2.46. The summed E-state index contributed by atoms with van der Waals surface area (Å²) in [7, 11) is 0. The second-order valence-corrected chi connectivity index (χ2v) is 8.36. The van der Waals surface area contributed by atoms with Crippen LogP contribution in [0.2, 0.25) is 0 Å². The first kappa shape index (κ1) is 26.3. The number of amides is 1. The molecule has 1 aliphatic heterocycles. The van der Waals surface area contributed by atoms with Crippen LogP contribution in [0, 0.1) is 0 Å². The lowest BCUT2D eigenvalue weighted by molar-refractivity contribution is -0.140. The average molecular weight is 481 g/mol. The molecule has 1 atom stereocenters. The SMILES string of the molecule is CCCOc1ccc(/C(O)=C2\C(=O)C(=O)N(CCN(CC)CC)C2c2ccccc2OCC)cc1. The Hall–Kier alpha value is -3.32. The molecular weight excluding hydrogens is 444 g/mol. The molecule has 1 N–H and O–H groups in total. The molecule has 1 saturated heterocycles. The number of likely N-dealkylation sites (tertiary alicyclic amines) is 1. The van der Waals surface area contributed by atoms with E-state index in [2.05, 4.69) is 18.7 Å². The Bertz CT molecular complexity index is 1040. The molecule has 2 aromatic rings. The number of carbonyl (C=O) groups is 2. The highest BCUT2D eigenvalue weighted by atomic mass is 16.5. The molecule has 188 valence electrons. The fourth-order valence-electron chi connectivity index (χ4n) is 4.30. The van der Waals surface area contributed by atoms with Crippen molar-refractivity contribution >= 4 is 17.4 Å². The van der Waals surface area contributed by atoms with Crippen LogP contribution >= 0.6 is 0 Å². The predicted octanol–water partition coefficient (Wildman–Crippen LogP) is 4.64. The number of benzene rings is 2. The van der Waals surface area contributed by atoms with Gasteiger partial charge in [-0.3, -0.25) is 9.59 Å². The Morgan fingerprint density at radius 2 is 1.66 bits per heavy atom. The normalized spacial score (nSPS) is 17.3.